The number of hydrogen-bond acceptors (Lipinski definition) is 4. The second-order valence-electron chi connectivity index (χ2n) is 7.71. The Kier molecular flexibility index (Phi) is 8.95. The number of rotatable bonds is 9. The summed E-state index contributed by atoms with van der Waals surface area (Å²) in [5.41, 5.74) is 4.60. The molecule has 1 heterocycles. The van der Waals surface area contributed by atoms with E-state index in [0.29, 0.717) is 30.8 Å². The monoisotopic (exact) mass is 505 g/mol. The number of hydrogen-bond donors (Lipinski definition) is 2. The summed E-state index contributed by atoms with van der Waals surface area (Å²) < 4.78 is 0.973. The average Bonchev–Trinajstić information content (AvgIpc) is 2.82. The maximum Gasteiger partial charge on any atom is 0.229 e. The van der Waals surface area contributed by atoms with Gasteiger partial charge in [-0.2, -0.15) is 0 Å². The molecule has 2 N–H and O–H groups in total. The van der Waals surface area contributed by atoms with Crippen molar-refractivity contribution in [3.63, 3.8) is 0 Å². The van der Waals surface area contributed by atoms with Gasteiger partial charge in [0.2, 0.25) is 5.91 Å². The van der Waals surface area contributed by atoms with Crippen molar-refractivity contribution in [1.29, 1.82) is 0 Å². The summed E-state index contributed by atoms with van der Waals surface area (Å²) in [6, 6.07) is 7.68. The number of aryl methyl sites for hydroxylation is 1. The normalized spacial score (nSPS) is 14.1. The Labute approximate surface area is 203 Å². The zero-order valence-corrected chi connectivity index (χ0v) is 20.3. The molecule has 0 spiro atoms. The van der Waals surface area contributed by atoms with Gasteiger partial charge >= 0.3 is 0 Å². The van der Waals surface area contributed by atoms with Gasteiger partial charge in [0.05, 0.1) is 29.8 Å². The van der Waals surface area contributed by atoms with Gasteiger partial charge in [-0.3, -0.25) is 4.79 Å². The third-order valence-electron chi connectivity index (χ3n) is 5.30. The highest BCUT2D eigenvalue weighted by Crippen LogP contribution is 2.26. The lowest BCUT2D eigenvalue weighted by molar-refractivity contribution is -0.115. The number of allylic oxidation sites excluding steroid dienone is 9. The fraction of sp³-hybridized carbons (Fsp3) is 0.222. The van der Waals surface area contributed by atoms with Crippen LogP contribution in [0.5, 0.6) is 0 Å². The van der Waals surface area contributed by atoms with Crippen molar-refractivity contribution in [1.82, 2.24) is 9.97 Å². The summed E-state index contributed by atoms with van der Waals surface area (Å²) in [7, 11) is 0. The zero-order chi connectivity index (χ0) is 23.6. The highest BCUT2D eigenvalue weighted by molar-refractivity contribution is 9.10. The molecule has 0 aliphatic heterocycles. The maximum absolute atomic E-state index is 12.7. The Morgan fingerprint density at radius 3 is 2.70 bits per heavy atom. The van der Waals surface area contributed by atoms with E-state index in [1.807, 2.05) is 49.4 Å². The summed E-state index contributed by atoms with van der Waals surface area (Å²) in [6.07, 6.45) is 15.9. The maximum atomic E-state index is 12.7. The van der Waals surface area contributed by atoms with Gasteiger partial charge in [-0.25, -0.2) is 9.97 Å². The van der Waals surface area contributed by atoms with Gasteiger partial charge in [-0.1, -0.05) is 70.6 Å². The van der Waals surface area contributed by atoms with Crippen molar-refractivity contribution in [2.75, 3.05) is 5.32 Å². The smallest absolute Gasteiger partial charge is 0.229 e. The molecule has 1 amide bonds. The predicted molar refractivity (Wildman–Crippen MR) is 138 cm³/mol. The molecule has 3 rings (SSSR count). The van der Waals surface area contributed by atoms with Crippen molar-refractivity contribution in [3.8, 4) is 0 Å². The molecule has 0 saturated carbocycles. The van der Waals surface area contributed by atoms with Gasteiger partial charge in [-0.15, -0.1) is 0 Å². The summed E-state index contributed by atoms with van der Waals surface area (Å²) in [5.74, 6) is 0.720. The number of nitrogens with zero attached hydrogens (tertiary/aromatic N) is 2. The highest BCUT2D eigenvalue weighted by atomic mass is 79.9. The summed E-state index contributed by atoms with van der Waals surface area (Å²) in [5, 5.41) is 12.6. The van der Waals surface area contributed by atoms with E-state index < -0.39 is 0 Å². The van der Waals surface area contributed by atoms with Crippen LogP contribution in [-0.2, 0) is 17.6 Å². The second kappa shape index (κ2) is 12.1. The van der Waals surface area contributed by atoms with Crippen LogP contribution < -0.4 is 5.32 Å². The molecule has 0 saturated heterocycles. The molecule has 2 aromatic rings. The largest absolute Gasteiger partial charge is 0.512 e. The molecule has 5 nitrogen and oxygen atoms in total. The molecule has 1 aromatic heterocycles. The van der Waals surface area contributed by atoms with Gasteiger partial charge < -0.3 is 10.4 Å². The van der Waals surface area contributed by atoms with Gasteiger partial charge in [-0.05, 0) is 55.5 Å². The van der Waals surface area contributed by atoms with Crippen LogP contribution in [0.1, 0.15) is 43.1 Å². The number of aliphatic hydroxyl groups excluding tert-OH is 1. The van der Waals surface area contributed by atoms with E-state index in [4.69, 9.17) is 4.98 Å². The minimum Gasteiger partial charge on any atom is -0.512 e. The standard InChI is InChI=1S/C27H28BrN3O2/c1-3-5-6-19(4-2)9-16-24-27(31-26(33)17-20-7-12-22(28)13-8-20)29-18-25(30-24)21-10-14-23(32)15-11-21/h3-8,10,12-14,18,32H,1,9,11,15-17H2,2H3,(H,29,31,33)/b6-5-,19-4+. The average molecular weight is 506 g/mol. The minimum absolute atomic E-state index is 0.136. The number of halogens is 1. The van der Waals surface area contributed by atoms with Crippen LogP contribution in [-0.4, -0.2) is 21.0 Å². The molecule has 33 heavy (non-hydrogen) atoms. The van der Waals surface area contributed by atoms with E-state index in [1.165, 1.54) is 0 Å². The summed E-state index contributed by atoms with van der Waals surface area (Å²) in [4.78, 5) is 22.1. The van der Waals surface area contributed by atoms with Crippen molar-refractivity contribution in [3.05, 3.63) is 106 Å². The molecular formula is C27H28BrN3O2. The van der Waals surface area contributed by atoms with Crippen LogP contribution in [0, 0.1) is 0 Å². The Balaban J connectivity index is 1.82. The fourth-order valence-electron chi connectivity index (χ4n) is 3.44. The second-order valence-corrected chi connectivity index (χ2v) is 8.63. The van der Waals surface area contributed by atoms with Gasteiger partial charge in [0.1, 0.15) is 0 Å². The molecule has 0 radical (unpaired) electrons. The molecule has 6 heteroatoms. The Morgan fingerprint density at radius 2 is 2.03 bits per heavy atom. The number of aliphatic hydroxyl groups is 1. The van der Waals surface area contributed by atoms with Crippen molar-refractivity contribution >= 4 is 33.2 Å². The molecule has 0 fully saturated rings. The first-order valence-electron chi connectivity index (χ1n) is 10.9. The molecule has 1 aliphatic rings. The number of nitrogens with one attached hydrogen (secondary N) is 1. The van der Waals surface area contributed by atoms with Crippen molar-refractivity contribution in [2.24, 2.45) is 0 Å². The van der Waals surface area contributed by atoms with Crippen molar-refractivity contribution in [2.45, 2.75) is 39.0 Å². The van der Waals surface area contributed by atoms with Gasteiger partial charge in [0, 0.05) is 10.9 Å². The lowest BCUT2D eigenvalue weighted by Gasteiger charge is -2.15. The number of amides is 1. The fourth-order valence-corrected chi connectivity index (χ4v) is 3.71. The van der Waals surface area contributed by atoms with Crippen LogP contribution in [0.4, 0.5) is 5.82 Å². The highest BCUT2D eigenvalue weighted by Gasteiger charge is 2.15. The van der Waals surface area contributed by atoms with Crippen molar-refractivity contribution < 1.29 is 9.90 Å². The van der Waals surface area contributed by atoms with Gasteiger partial charge in [0.25, 0.3) is 0 Å². The molecule has 0 atom stereocenters. The quantitative estimate of drug-likeness (QED) is 0.373. The summed E-state index contributed by atoms with van der Waals surface area (Å²) in [6.45, 7) is 5.72. The van der Waals surface area contributed by atoms with Crippen LogP contribution in [0.3, 0.4) is 0 Å². The van der Waals surface area contributed by atoms with Gasteiger partial charge in [0.15, 0.2) is 5.82 Å². The molecular weight excluding hydrogens is 478 g/mol. The first-order chi connectivity index (χ1) is 16.0. The Bertz CT molecular complexity index is 1130. The Morgan fingerprint density at radius 1 is 1.24 bits per heavy atom. The minimum atomic E-state index is -0.136. The number of benzene rings is 1. The van der Waals surface area contributed by atoms with E-state index in [2.05, 4.69) is 38.9 Å². The number of aromatic nitrogens is 2. The SMILES string of the molecule is C=C/C=C\C(=C/C)CCc1nc(C2=CC=C(O)CC2)cnc1NC(=O)Cc1ccc(Br)cc1. The van der Waals surface area contributed by atoms with Crippen LogP contribution in [0.15, 0.2) is 89.3 Å². The molecule has 170 valence electrons. The lowest BCUT2D eigenvalue weighted by atomic mass is 10.0. The predicted octanol–water partition coefficient (Wildman–Crippen LogP) is 6.66. The van der Waals surface area contributed by atoms with E-state index in [9.17, 15) is 9.90 Å². The van der Waals surface area contributed by atoms with E-state index >= 15 is 0 Å². The third-order valence-corrected chi connectivity index (χ3v) is 5.83. The first-order valence-corrected chi connectivity index (χ1v) is 11.7. The number of carbonyl (C=O) groups is 1. The van der Waals surface area contributed by atoms with Crippen LogP contribution >= 0.6 is 15.9 Å². The third kappa shape index (κ3) is 7.39. The molecule has 1 aliphatic carbocycles. The van der Waals surface area contributed by atoms with Crippen LogP contribution in [0.2, 0.25) is 0 Å². The number of anilines is 1. The lowest BCUT2D eigenvalue weighted by Crippen LogP contribution is -2.18. The van der Waals surface area contributed by atoms with E-state index in [0.717, 1.165) is 39.0 Å². The molecule has 0 unspecified atom stereocenters. The van der Waals surface area contributed by atoms with Crippen LogP contribution in [0.25, 0.3) is 5.57 Å². The number of carbonyl (C=O) groups excluding carboxylic acids is 1. The van der Waals surface area contributed by atoms with E-state index in [-0.39, 0.29) is 12.3 Å². The first kappa shape index (κ1) is 24.4. The summed E-state index contributed by atoms with van der Waals surface area (Å²) >= 11 is 3.41. The molecule has 0 bridgehead atoms. The zero-order valence-electron chi connectivity index (χ0n) is 18.7. The topological polar surface area (TPSA) is 75.1 Å². The molecule has 1 aromatic carbocycles. The Hall–Kier alpha value is -3.25. The van der Waals surface area contributed by atoms with E-state index in [1.54, 1.807) is 18.3 Å².